The lowest BCUT2D eigenvalue weighted by Crippen LogP contribution is -2.35. The molecule has 188 valence electrons. The van der Waals surface area contributed by atoms with Crippen LogP contribution in [0.3, 0.4) is 0 Å². The van der Waals surface area contributed by atoms with Crippen molar-refractivity contribution in [2.75, 3.05) is 26.3 Å². The minimum absolute atomic E-state index is 0.0434. The maximum atomic E-state index is 13.3. The van der Waals surface area contributed by atoms with Crippen molar-refractivity contribution >= 4 is 5.78 Å². The van der Waals surface area contributed by atoms with Gasteiger partial charge in [0, 0.05) is 54.9 Å². The molecule has 6 heteroatoms. The third-order valence-corrected chi connectivity index (χ3v) is 7.18. The van der Waals surface area contributed by atoms with Crippen LogP contribution in [0.2, 0.25) is 0 Å². The fraction of sp³-hybridized carbons (Fsp3) is 0.400. The monoisotopic (exact) mass is 486 g/mol. The lowest BCUT2D eigenvalue weighted by molar-refractivity contribution is 0.0342. The molecule has 1 fully saturated rings. The minimum Gasteiger partial charge on any atom is -0.489 e. The van der Waals surface area contributed by atoms with Gasteiger partial charge in [-0.25, -0.2) is 0 Å². The predicted molar refractivity (Wildman–Crippen MR) is 141 cm³/mol. The highest BCUT2D eigenvalue weighted by molar-refractivity contribution is 5.98. The van der Waals surface area contributed by atoms with Gasteiger partial charge in [-0.05, 0) is 67.6 Å². The van der Waals surface area contributed by atoms with Gasteiger partial charge in [0.25, 0.3) is 5.56 Å². The first-order chi connectivity index (χ1) is 17.4. The van der Waals surface area contributed by atoms with E-state index in [1.807, 2.05) is 32.0 Å². The van der Waals surface area contributed by atoms with Crippen LogP contribution in [0.5, 0.6) is 5.75 Å². The number of aromatic nitrogens is 1. The Morgan fingerprint density at radius 2 is 1.83 bits per heavy atom. The van der Waals surface area contributed by atoms with Crippen molar-refractivity contribution < 1.29 is 14.3 Å². The number of morpholine rings is 1. The Morgan fingerprint density at radius 3 is 2.56 bits per heavy atom. The van der Waals surface area contributed by atoms with E-state index in [1.54, 1.807) is 0 Å². The third-order valence-electron chi connectivity index (χ3n) is 7.18. The Labute approximate surface area is 212 Å². The highest BCUT2D eigenvalue weighted by Gasteiger charge is 2.25. The molecule has 0 bridgehead atoms. The third kappa shape index (κ3) is 5.30. The van der Waals surface area contributed by atoms with E-state index >= 15 is 0 Å². The van der Waals surface area contributed by atoms with E-state index in [0.717, 1.165) is 73.0 Å². The van der Waals surface area contributed by atoms with Crippen molar-refractivity contribution in [3.8, 4) is 16.9 Å². The molecule has 36 heavy (non-hydrogen) atoms. The van der Waals surface area contributed by atoms with Gasteiger partial charge in [0.15, 0.2) is 5.78 Å². The number of aryl methyl sites for hydroxylation is 2. The van der Waals surface area contributed by atoms with Crippen LogP contribution >= 0.6 is 0 Å². The zero-order chi connectivity index (χ0) is 25.2. The molecule has 3 aromatic rings. The lowest BCUT2D eigenvalue weighted by atomic mass is 9.93. The largest absolute Gasteiger partial charge is 0.489 e. The first-order valence-electron chi connectivity index (χ1n) is 12.8. The zero-order valence-corrected chi connectivity index (χ0v) is 21.4. The number of pyridine rings is 1. The van der Waals surface area contributed by atoms with Crippen LogP contribution in [0.15, 0.2) is 47.3 Å². The molecule has 3 heterocycles. The van der Waals surface area contributed by atoms with Crippen LogP contribution in [-0.2, 0) is 24.1 Å². The van der Waals surface area contributed by atoms with Gasteiger partial charge in [0.1, 0.15) is 11.9 Å². The van der Waals surface area contributed by atoms with Crippen molar-refractivity contribution in [1.29, 1.82) is 0 Å². The molecule has 0 radical (unpaired) electrons. The smallest absolute Gasteiger partial charge is 0.251 e. The second kappa shape index (κ2) is 10.4. The SMILES string of the molecule is Cc1cc(C)c(CCC(=O)c2cc3c(c(-c4ccc(CN5CCOCC5)cc4)c2)OC(C)C3)c(=O)[nH]1. The number of nitrogens with one attached hydrogen (secondary N) is 1. The number of fused-ring (bicyclic) bond motifs is 1. The van der Waals surface area contributed by atoms with Crippen LogP contribution in [-0.4, -0.2) is 48.1 Å². The lowest BCUT2D eigenvalue weighted by Gasteiger charge is -2.26. The molecule has 1 saturated heterocycles. The summed E-state index contributed by atoms with van der Waals surface area (Å²) in [6.45, 7) is 10.3. The second-order valence-electron chi connectivity index (χ2n) is 10.1. The normalized spacial score (nSPS) is 17.6. The summed E-state index contributed by atoms with van der Waals surface area (Å²) in [5, 5.41) is 0. The van der Waals surface area contributed by atoms with E-state index in [0.29, 0.717) is 24.0 Å². The molecule has 0 aliphatic carbocycles. The highest BCUT2D eigenvalue weighted by atomic mass is 16.5. The molecule has 0 amide bonds. The molecular formula is C30H34N2O4. The Morgan fingerprint density at radius 1 is 1.08 bits per heavy atom. The molecule has 0 spiro atoms. The molecule has 6 nitrogen and oxygen atoms in total. The van der Waals surface area contributed by atoms with E-state index in [2.05, 4.69) is 41.1 Å². The van der Waals surface area contributed by atoms with E-state index < -0.39 is 0 Å². The average molecular weight is 487 g/mol. The number of ether oxygens (including phenoxy) is 2. The van der Waals surface area contributed by atoms with Crippen LogP contribution in [0.25, 0.3) is 11.1 Å². The van der Waals surface area contributed by atoms with Gasteiger partial charge >= 0.3 is 0 Å². The molecule has 1 N–H and O–H groups in total. The van der Waals surface area contributed by atoms with E-state index in [1.165, 1.54) is 5.56 Å². The van der Waals surface area contributed by atoms with Gasteiger partial charge in [0.2, 0.25) is 0 Å². The summed E-state index contributed by atoms with van der Waals surface area (Å²) in [5.74, 6) is 0.924. The second-order valence-corrected chi connectivity index (χ2v) is 10.1. The number of rotatable bonds is 7. The average Bonchev–Trinajstić information content (AvgIpc) is 3.24. The fourth-order valence-corrected chi connectivity index (χ4v) is 5.29. The number of carbonyl (C=O) groups is 1. The molecule has 2 aliphatic heterocycles. The Kier molecular flexibility index (Phi) is 7.08. The maximum absolute atomic E-state index is 13.3. The molecule has 1 unspecified atom stereocenters. The number of hydrogen-bond donors (Lipinski definition) is 1. The summed E-state index contributed by atoms with van der Waals surface area (Å²) in [6, 6.07) is 14.5. The number of benzene rings is 2. The van der Waals surface area contributed by atoms with E-state index in [9.17, 15) is 9.59 Å². The predicted octanol–water partition coefficient (Wildman–Crippen LogP) is 4.63. The van der Waals surface area contributed by atoms with Gasteiger partial charge in [-0.2, -0.15) is 0 Å². The summed E-state index contributed by atoms with van der Waals surface area (Å²) >= 11 is 0. The van der Waals surface area contributed by atoms with E-state index in [-0.39, 0.29) is 17.4 Å². The quantitative estimate of drug-likeness (QED) is 0.493. The zero-order valence-electron chi connectivity index (χ0n) is 21.4. The molecule has 2 aliphatic rings. The van der Waals surface area contributed by atoms with Gasteiger partial charge in [-0.15, -0.1) is 0 Å². The van der Waals surface area contributed by atoms with Crippen molar-refractivity contribution in [2.24, 2.45) is 0 Å². The van der Waals surface area contributed by atoms with E-state index in [4.69, 9.17) is 9.47 Å². The first-order valence-corrected chi connectivity index (χ1v) is 12.8. The minimum atomic E-state index is -0.102. The molecule has 5 rings (SSSR count). The maximum Gasteiger partial charge on any atom is 0.251 e. The van der Waals surface area contributed by atoms with Gasteiger partial charge < -0.3 is 14.5 Å². The number of Topliss-reactive ketones (excluding diaryl/α,β-unsaturated/α-hetero) is 1. The van der Waals surface area contributed by atoms with Crippen LogP contribution in [0.1, 0.15) is 51.7 Å². The number of hydrogen-bond acceptors (Lipinski definition) is 5. The number of nitrogens with zero attached hydrogens (tertiary/aromatic N) is 1. The fourth-order valence-electron chi connectivity index (χ4n) is 5.29. The Balaban J connectivity index is 1.38. The molecule has 2 aromatic carbocycles. The number of ketones is 1. The molecule has 0 saturated carbocycles. The van der Waals surface area contributed by atoms with Crippen LogP contribution < -0.4 is 10.3 Å². The van der Waals surface area contributed by atoms with Crippen molar-refractivity contribution in [3.05, 3.63) is 86.3 Å². The standard InChI is InChI=1S/C30H34N2O4/c1-19-14-20(2)31-30(34)26(19)8-9-28(33)24-16-25-15-21(3)36-29(25)27(17-24)23-6-4-22(5-7-23)18-32-10-12-35-13-11-32/h4-7,14,16-17,21H,8-13,15,18H2,1-3H3,(H,31,34). The van der Waals surface area contributed by atoms with Crippen LogP contribution in [0.4, 0.5) is 0 Å². The molecular weight excluding hydrogens is 452 g/mol. The first kappa shape index (κ1) is 24.5. The number of carbonyl (C=O) groups excluding carboxylic acids is 1. The molecule has 1 atom stereocenters. The summed E-state index contributed by atoms with van der Waals surface area (Å²) in [4.78, 5) is 30.9. The highest BCUT2D eigenvalue weighted by Crippen LogP contribution is 2.40. The van der Waals surface area contributed by atoms with Crippen LogP contribution in [0, 0.1) is 13.8 Å². The van der Waals surface area contributed by atoms with Gasteiger partial charge in [0.05, 0.1) is 13.2 Å². The Hall–Kier alpha value is -3.22. The number of H-pyrrole nitrogens is 1. The Bertz CT molecular complexity index is 1320. The number of aromatic amines is 1. The summed E-state index contributed by atoms with van der Waals surface area (Å²) in [5.41, 5.74) is 7.37. The topological polar surface area (TPSA) is 71.6 Å². The summed E-state index contributed by atoms with van der Waals surface area (Å²) in [7, 11) is 0. The van der Waals surface area contributed by atoms with Gasteiger partial charge in [-0.1, -0.05) is 24.3 Å². The summed E-state index contributed by atoms with van der Waals surface area (Å²) < 4.78 is 11.6. The van der Waals surface area contributed by atoms with Crippen molar-refractivity contribution in [2.45, 2.75) is 52.7 Å². The molecule has 1 aromatic heterocycles. The summed E-state index contributed by atoms with van der Waals surface area (Å²) in [6.07, 6.45) is 1.59. The van der Waals surface area contributed by atoms with Crippen molar-refractivity contribution in [3.63, 3.8) is 0 Å². The van der Waals surface area contributed by atoms with Gasteiger partial charge in [-0.3, -0.25) is 14.5 Å². The van der Waals surface area contributed by atoms with Crippen molar-refractivity contribution in [1.82, 2.24) is 9.88 Å².